The van der Waals surface area contributed by atoms with Gasteiger partial charge in [0.2, 0.25) is 0 Å². The van der Waals surface area contributed by atoms with Crippen LogP contribution < -0.4 is 5.32 Å². The molecule has 0 aromatic heterocycles. The van der Waals surface area contributed by atoms with Crippen LogP contribution in [0.15, 0.2) is 41.5 Å². The summed E-state index contributed by atoms with van der Waals surface area (Å²) in [7, 11) is -2.41. The van der Waals surface area contributed by atoms with Gasteiger partial charge in [-0.3, -0.25) is 5.01 Å². The highest BCUT2D eigenvalue weighted by molar-refractivity contribution is 8.14. The molecule has 34 heavy (non-hydrogen) atoms. The van der Waals surface area contributed by atoms with Gasteiger partial charge in [0.15, 0.2) is 8.32 Å². The molecule has 0 spiro atoms. The summed E-state index contributed by atoms with van der Waals surface area (Å²) in [5, 5.41) is 20.9. The molecule has 0 unspecified atom stereocenters. The predicted octanol–water partition coefficient (Wildman–Crippen LogP) is 6.77. The van der Waals surface area contributed by atoms with Gasteiger partial charge in [-0.15, -0.1) is 0 Å². The van der Waals surface area contributed by atoms with Crippen molar-refractivity contribution in [3.8, 4) is 6.07 Å². The average molecular weight is 519 g/mol. The summed E-state index contributed by atoms with van der Waals surface area (Å²) in [5.74, 6) is 0.487. The van der Waals surface area contributed by atoms with Gasteiger partial charge >= 0.3 is 0 Å². The van der Waals surface area contributed by atoms with Gasteiger partial charge in [-0.05, 0) is 79.4 Å². The van der Waals surface area contributed by atoms with E-state index >= 15 is 0 Å². The summed E-state index contributed by atoms with van der Waals surface area (Å²) in [6.07, 6.45) is 0.621. The average Bonchev–Trinajstić information content (AvgIpc) is 3.24. The smallest absolute Gasteiger partial charge is 0.188 e. The van der Waals surface area contributed by atoms with Crippen molar-refractivity contribution in [1.82, 2.24) is 5.01 Å². The molecular formula is C25H32ClFN4OSSi. The van der Waals surface area contributed by atoms with E-state index in [2.05, 4.69) is 32.2 Å². The summed E-state index contributed by atoms with van der Waals surface area (Å²) in [6, 6.07) is 12.1. The molecule has 5 nitrogen and oxygen atoms in total. The number of thioether (sulfide) groups is 1. The number of hydrogen-bond acceptors (Lipinski definition) is 6. The summed E-state index contributed by atoms with van der Waals surface area (Å²) in [6.45, 7) is 12.3. The first kappa shape index (κ1) is 26.5. The van der Waals surface area contributed by atoms with Gasteiger partial charge in [-0.25, -0.2) is 4.39 Å². The lowest BCUT2D eigenvalue weighted by Gasteiger charge is -2.41. The zero-order valence-corrected chi connectivity index (χ0v) is 23.1. The molecule has 0 saturated heterocycles. The summed E-state index contributed by atoms with van der Waals surface area (Å²) in [4.78, 5) is 10.9. The number of hydrazone groups is 1. The molecule has 0 saturated carbocycles. The molecule has 0 aliphatic carbocycles. The normalized spacial score (nSPS) is 16.1. The lowest BCUT2D eigenvalue weighted by atomic mass is 9.94. The third kappa shape index (κ3) is 5.77. The Morgan fingerprint density at radius 3 is 2.53 bits per heavy atom. The maximum Gasteiger partial charge on any atom is 0.188 e. The highest BCUT2D eigenvalue weighted by atomic mass is 35.5. The molecule has 0 fully saturated rings. The van der Waals surface area contributed by atoms with Gasteiger partial charge in [0.25, 0.3) is 0 Å². The molecule has 9 heteroatoms. The van der Waals surface area contributed by atoms with Crippen molar-refractivity contribution in [2.24, 2.45) is 11.0 Å². The SMILES string of the molecule is Cc1c(N[C@H]([C@@H](C)CC(C)(C)[Si](C)(C)O)N2CSC(c3ccc(F)cc3)=N2)ccc(C#N)c1Cl. The first-order chi connectivity index (χ1) is 15.8. The van der Waals surface area contributed by atoms with E-state index in [0.29, 0.717) is 16.5 Å². The largest absolute Gasteiger partial charge is 0.432 e. The fourth-order valence-corrected chi connectivity index (χ4v) is 5.91. The van der Waals surface area contributed by atoms with Gasteiger partial charge in [0.1, 0.15) is 23.1 Å². The number of anilines is 1. The van der Waals surface area contributed by atoms with Crippen molar-refractivity contribution in [2.75, 3.05) is 11.2 Å². The van der Waals surface area contributed by atoms with E-state index in [1.54, 1.807) is 30.0 Å². The zero-order chi connectivity index (χ0) is 25.3. The number of rotatable bonds is 8. The number of benzene rings is 2. The topological polar surface area (TPSA) is 71.7 Å². The van der Waals surface area contributed by atoms with Crippen molar-refractivity contribution >= 4 is 42.4 Å². The minimum atomic E-state index is -2.41. The van der Waals surface area contributed by atoms with Crippen molar-refractivity contribution < 1.29 is 9.19 Å². The van der Waals surface area contributed by atoms with Gasteiger partial charge in [0, 0.05) is 11.3 Å². The second kappa shape index (κ2) is 10.3. The second-order valence-corrected chi connectivity index (χ2v) is 15.8. The van der Waals surface area contributed by atoms with Crippen LogP contribution in [0, 0.1) is 30.0 Å². The van der Waals surface area contributed by atoms with E-state index in [-0.39, 0.29) is 22.9 Å². The lowest BCUT2D eigenvalue weighted by molar-refractivity contribution is 0.190. The number of halogens is 2. The third-order valence-corrected chi connectivity index (χ3v) is 11.8. The van der Waals surface area contributed by atoms with Crippen LogP contribution in [0.3, 0.4) is 0 Å². The monoisotopic (exact) mass is 518 g/mol. The summed E-state index contributed by atoms with van der Waals surface area (Å²) < 4.78 is 13.4. The fraction of sp³-hybridized carbons (Fsp3) is 0.440. The molecule has 3 rings (SSSR count). The Bertz CT molecular complexity index is 1110. The molecular weight excluding hydrogens is 487 g/mol. The van der Waals surface area contributed by atoms with Crippen LogP contribution in [-0.2, 0) is 0 Å². The van der Waals surface area contributed by atoms with Crippen molar-refractivity contribution in [1.29, 1.82) is 5.26 Å². The van der Waals surface area contributed by atoms with Crippen LogP contribution in [-0.4, -0.2) is 35.2 Å². The zero-order valence-electron chi connectivity index (χ0n) is 20.5. The Balaban J connectivity index is 1.95. The minimum absolute atomic E-state index is 0.125. The molecule has 2 aromatic rings. The first-order valence-electron chi connectivity index (χ1n) is 11.3. The molecule has 1 heterocycles. The Morgan fingerprint density at radius 2 is 1.94 bits per heavy atom. The number of nitriles is 1. The molecule has 2 aromatic carbocycles. The fourth-order valence-electron chi connectivity index (χ4n) is 3.94. The number of nitrogens with zero attached hydrogens (tertiary/aromatic N) is 3. The molecule has 1 aliphatic heterocycles. The minimum Gasteiger partial charge on any atom is -0.432 e. The highest BCUT2D eigenvalue weighted by Gasteiger charge is 2.41. The van der Waals surface area contributed by atoms with E-state index in [0.717, 1.165) is 28.3 Å². The molecule has 0 bridgehead atoms. The molecule has 182 valence electrons. The van der Waals surface area contributed by atoms with Crippen LogP contribution >= 0.6 is 23.4 Å². The highest BCUT2D eigenvalue weighted by Crippen LogP contribution is 2.43. The quantitative estimate of drug-likeness (QED) is 0.377. The second-order valence-electron chi connectivity index (χ2n) is 10.0. The predicted molar refractivity (Wildman–Crippen MR) is 143 cm³/mol. The first-order valence-corrected chi connectivity index (χ1v) is 15.6. The van der Waals surface area contributed by atoms with E-state index in [9.17, 15) is 14.4 Å². The maximum absolute atomic E-state index is 13.4. The molecule has 2 atom stereocenters. The molecule has 2 N–H and O–H groups in total. The molecule has 1 aliphatic rings. The summed E-state index contributed by atoms with van der Waals surface area (Å²) >= 11 is 8.04. The number of hydrogen-bond donors (Lipinski definition) is 2. The van der Waals surface area contributed by atoms with E-state index in [1.807, 2.05) is 31.1 Å². The Labute approximate surface area is 212 Å². The van der Waals surface area contributed by atoms with Gasteiger partial charge < -0.3 is 10.1 Å². The van der Waals surface area contributed by atoms with Crippen LogP contribution in [0.4, 0.5) is 10.1 Å². The lowest BCUT2D eigenvalue weighted by Crippen LogP contribution is -2.46. The van der Waals surface area contributed by atoms with E-state index in [4.69, 9.17) is 16.7 Å². The van der Waals surface area contributed by atoms with Crippen LogP contribution in [0.1, 0.15) is 43.9 Å². The van der Waals surface area contributed by atoms with Gasteiger partial charge in [0.05, 0.1) is 16.5 Å². The Morgan fingerprint density at radius 1 is 1.29 bits per heavy atom. The van der Waals surface area contributed by atoms with Crippen molar-refractivity contribution in [3.05, 3.63) is 63.9 Å². The standard InChI is InChI=1S/C25H32ClFN4OSSi/c1-16(13-25(3,4)34(5,6)32)23(29-21-12-9-19(14-28)22(26)17(21)2)31-15-33-24(30-31)18-7-10-20(27)11-8-18/h7-12,16,23,29,32H,13,15H2,1-6H3/t16-,23-/m0/s1. The van der Waals surface area contributed by atoms with E-state index in [1.165, 1.54) is 12.1 Å². The molecule has 0 radical (unpaired) electrons. The Kier molecular flexibility index (Phi) is 8.03. The number of nitrogens with one attached hydrogen (secondary N) is 1. The van der Waals surface area contributed by atoms with E-state index < -0.39 is 8.32 Å². The van der Waals surface area contributed by atoms with Gasteiger partial charge in [-0.2, -0.15) is 10.4 Å². The van der Waals surface area contributed by atoms with Crippen molar-refractivity contribution in [2.45, 2.75) is 58.4 Å². The third-order valence-electron chi connectivity index (χ3n) is 6.80. The molecule has 0 amide bonds. The van der Waals surface area contributed by atoms with Crippen LogP contribution in [0.2, 0.25) is 23.2 Å². The van der Waals surface area contributed by atoms with Crippen LogP contribution in [0.25, 0.3) is 0 Å². The summed E-state index contributed by atoms with van der Waals surface area (Å²) in [5.41, 5.74) is 2.97. The van der Waals surface area contributed by atoms with Crippen LogP contribution in [0.5, 0.6) is 0 Å². The van der Waals surface area contributed by atoms with Gasteiger partial charge in [-0.1, -0.05) is 44.1 Å². The van der Waals surface area contributed by atoms with Crippen molar-refractivity contribution in [3.63, 3.8) is 0 Å². The Hall–Kier alpha value is -2.05. The maximum atomic E-state index is 13.4.